The van der Waals surface area contributed by atoms with Gasteiger partial charge >= 0.3 is 5.97 Å². The van der Waals surface area contributed by atoms with Crippen LogP contribution in [0.15, 0.2) is 24.3 Å². The molecule has 0 radical (unpaired) electrons. The minimum Gasteiger partial charge on any atom is -0.455 e. The van der Waals surface area contributed by atoms with Crippen LogP contribution in [0.3, 0.4) is 0 Å². The van der Waals surface area contributed by atoms with E-state index in [-0.39, 0.29) is 18.3 Å². The lowest BCUT2D eigenvalue weighted by Crippen LogP contribution is -2.50. The number of ether oxygens (including phenoxy) is 1. The quantitative estimate of drug-likeness (QED) is 0.484. The van der Waals surface area contributed by atoms with E-state index in [9.17, 15) is 9.59 Å². The van der Waals surface area contributed by atoms with Gasteiger partial charge in [0, 0.05) is 50.0 Å². The molecule has 1 amide bonds. The number of benzene rings is 1. The van der Waals surface area contributed by atoms with Crippen LogP contribution < -0.4 is 4.90 Å². The maximum Gasteiger partial charge on any atom is 0.316 e. The summed E-state index contributed by atoms with van der Waals surface area (Å²) in [6, 6.07) is 7.70. The molecule has 0 aromatic heterocycles. The molecule has 0 aliphatic carbocycles. The van der Waals surface area contributed by atoms with Crippen molar-refractivity contribution in [2.75, 3.05) is 56.5 Å². The van der Waals surface area contributed by atoms with E-state index in [1.807, 2.05) is 24.3 Å². The maximum absolute atomic E-state index is 12.4. The van der Waals surface area contributed by atoms with Gasteiger partial charge in [-0.25, -0.2) is 0 Å². The second-order valence-corrected chi connectivity index (χ2v) is 9.78. The summed E-state index contributed by atoms with van der Waals surface area (Å²) in [5.41, 5.74) is 1.05. The second kappa shape index (κ2) is 11.2. The van der Waals surface area contributed by atoms with Crippen LogP contribution in [-0.4, -0.2) is 77.6 Å². The van der Waals surface area contributed by atoms with Crippen LogP contribution in [0.4, 0.5) is 5.69 Å². The summed E-state index contributed by atoms with van der Waals surface area (Å²) in [6.45, 7) is 6.55. The number of piperidine rings is 1. The van der Waals surface area contributed by atoms with E-state index in [4.69, 9.17) is 28.6 Å². The molecule has 2 heterocycles. The Morgan fingerprint density at radius 3 is 2.50 bits per heavy atom. The Morgan fingerprint density at radius 1 is 1.13 bits per heavy atom. The molecule has 0 spiro atoms. The third kappa shape index (κ3) is 6.75. The number of rotatable bonds is 5. The minimum atomic E-state index is -0.404. The topological polar surface area (TPSA) is 53.1 Å². The number of carbonyl (C=O) groups excluding carboxylic acids is 2. The fourth-order valence-electron chi connectivity index (χ4n) is 3.57. The first kappa shape index (κ1) is 23.2. The van der Waals surface area contributed by atoms with Crippen molar-refractivity contribution in [2.24, 2.45) is 5.92 Å². The van der Waals surface area contributed by atoms with Crippen LogP contribution in [0.5, 0.6) is 0 Å². The van der Waals surface area contributed by atoms with Gasteiger partial charge < -0.3 is 19.4 Å². The molecule has 3 rings (SSSR count). The summed E-state index contributed by atoms with van der Waals surface area (Å²) >= 11 is 12.8. The smallest absolute Gasteiger partial charge is 0.316 e. The van der Waals surface area contributed by atoms with Gasteiger partial charge in [0.15, 0.2) is 6.61 Å². The Kier molecular flexibility index (Phi) is 8.65. The Hall–Kier alpha value is -1.51. The lowest BCUT2D eigenvalue weighted by molar-refractivity contribution is -0.150. The van der Waals surface area contributed by atoms with E-state index in [0.29, 0.717) is 18.1 Å². The summed E-state index contributed by atoms with van der Waals surface area (Å²) in [4.78, 5) is 30.5. The number of likely N-dealkylation sites (tertiary alicyclic amines) is 1. The molecule has 2 saturated heterocycles. The van der Waals surface area contributed by atoms with Crippen LogP contribution in [0.25, 0.3) is 0 Å². The predicted octanol–water partition coefficient (Wildman–Crippen LogP) is 3.28. The normalized spacial score (nSPS) is 17.7. The fourth-order valence-corrected chi connectivity index (χ4v) is 4.80. The average molecular weight is 470 g/mol. The number of esters is 1. The largest absolute Gasteiger partial charge is 0.455 e. The van der Waals surface area contributed by atoms with Crippen molar-refractivity contribution in [2.45, 2.75) is 19.8 Å². The molecule has 6 nitrogen and oxygen atoms in total. The molecule has 0 saturated carbocycles. The number of thiocarbonyl (C=S) groups is 1. The number of anilines is 1. The first-order valence-electron chi connectivity index (χ1n) is 10.3. The van der Waals surface area contributed by atoms with Gasteiger partial charge in [0.25, 0.3) is 5.91 Å². The number of amides is 1. The van der Waals surface area contributed by atoms with Gasteiger partial charge in [-0.1, -0.05) is 48.6 Å². The molecule has 2 fully saturated rings. The van der Waals surface area contributed by atoms with Crippen LogP contribution in [0.1, 0.15) is 19.8 Å². The lowest BCUT2D eigenvalue weighted by Gasteiger charge is -2.36. The highest BCUT2D eigenvalue weighted by Gasteiger charge is 2.23. The Balaban J connectivity index is 1.33. The molecule has 164 valence electrons. The number of nitrogens with zero attached hydrogens (tertiary/aromatic N) is 3. The van der Waals surface area contributed by atoms with Gasteiger partial charge in [-0.2, -0.15) is 0 Å². The molecule has 0 unspecified atom stereocenters. The van der Waals surface area contributed by atoms with Crippen LogP contribution >= 0.6 is 35.6 Å². The summed E-state index contributed by atoms with van der Waals surface area (Å²) < 4.78 is 5.92. The zero-order chi connectivity index (χ0) is 21.5. The van der Waals surface area contributed by atoms with Crippen molar-refractivity contribution in [1.82, 2.24) is 9.80 Å². The average Bonchev–Trinajstić information content (AvgIpc) is 2.76. The molecular formula is C21H28ClN3O3S2. The zero-order valence-electron chi connectivity index (χ0n) is 17.2. The van der Waals surface area contributed by atoms with E-state index in [1.54, 1.807) is 4.90 Å². The Morgan fingerprint density at radius 2 is 1.83 bits per heavy atom. The number of carbonyl (C=O) groups is 2. The highest BCUT2D eigenvalue weighted by atomic mass is 35.5. The number of thioether (sulfide) groups is 1. The van der Waals surface area contributed by atoms with Crippen molar-refractivity contribution >= 4 is 57.5 Å². The molecule has 9 heteroatoms. The van der Waals surface area contributed by atoms with Crippen molar-refractivity contribution in [3.05, 3.63) is 29.3 Å². The molecule has 2 aliphatic rings. The third-order valence-corrected chi connectivity index (χ3v) is 7.25. The summed E-state index contributed by atoms with van der Waals surface area (Å²) in [5, 5.41) is 0.699. The molecule has 2 aliphatic heterocycles. The molecule has 0 atom stereocenters. The van der Waals surface area contributed by atoms with Crippen molar-refractivity contribution in [1.29, 1.82) is 0 Å². The van der Waals surface area contributed by atoms with Gasteiger partial charge in [-0.05, 0) is 37.0 Å². The lowest BCUT2D eigenvalue weighted by atomic mass is 10.00. The van der Waals surface area contributed by atoms with Gasteiger partial charge in [-0.15, -0.1) is 0 Å². The Labute approximate surface area is 192 Å². The molecule has 30 heavy (non-hydrogen) atoms. The number of hydrogen-bond acceptors (Lipinski definition) is 6. The van der Waals surface area contributed by atoms with Crippen molar-refractivity contribution in [3.63, 3.8) is 0 Å². The Bertz CT molecular complexity index is 764. The summed E-state index contributed by atoms with van der Waals surface area (Å²) in [5.74, 6) is 0.309. The minimum absolute atomic E-state index is 0.140. The van der Waals surface area contributed by atoms with E-state index < -0.39 is 5.97 Å². The first-order chi connectivity index (χ1) is 14.4. The highest BCUT2D eigenvalue weighted by molar-refractivity contribution is 8.23. The maximum atomic E-state index is 12.4. The second-order valence-electron chi connectivity index (χ2n) is 7.73. The number of hydrogen-bond donors (Lipinski definition) is 0. The molecule has 1 aromatic carbocycles. The predicted molar refractivity (Wildman–Crippen MR) is 126 cm³/mol. The SMILES string of the molecule is CC1CCN(C(=S)SCC(=O)OCC(=O)N2CCN(c3cccc(Cl)c3)CC2)CC1. The molecular weight excluding hydrogens is 442 g/mol. The molecule has 0 bridgehead atoms. The van der Waals surface area contributed by atoms with E-state index in [2.05, 4.69) is 16.7 Å². The molecule has 0 N–H and O–H groups in total. The summed E-state index contributed by atoms with van der Waals surface area (Å²) in [6.07, 6.45) is 2.26. The van der Waals surface area contributed by atoms with Gasteiger partial charge in [0.1, 0.15) is 4.32 Å². The van der Waals surface area contributed by atoms with Gasteiger partial charge in [0.05, 0.1) is 5.75 Å². The van der Waals surface area contributed by atoms with Crippen LogP contribution in [-0.2, 0) is 14.3 Å². The summed E-state index contributed by atoms with van der Waals surface area (Å²) in [7, 11) is 0. The van der Waals surface area contributed by atoms with Crippen molar-refractivity contribution < 1.29 is 14.3 Å². The highest BCUT2D eigenvalue weighted by Crippen LogP contribution is 2.21. The molecule has 1 aromatic rings. The van der Waals surface area contributed by atoms with E-state index in [1.165, 1.54) is 11.8 Å². The number of piperazine rings is 1. The van der Waals surface area contributed by atoms with Crippen LogP contribution in [0.2, 0.25) is 5.02 Å². The van der Waals surface area contributed by atoms with E-state index >= 15 is 0 Å². The van der Waals surface area contributed by atoms with Crippen molar-refractivity contribution in [3.8, 4) is 0 Å². The van der Waals surface area contributed by atoms with Gasteiger partial charge in [-0.3, -0.25) is 9.59 Å². The van der Waals surface area contributed by atoms with E-state index in [0.717, 1.165) is 54.9 Å². The monoisotopic (exact) mass is 469 g/mol. The number of halogens is 1. The third-order valence-electron chi connectivity index (χ3n) is 5.52. The van der Waals surface area contributed by atoms with Crippen LogP contribution in [0, 0.1) is 5.92 Å². The zero-order valence-corrected chi connectivity index (χ0v) is 19.6. The van der Waals surface area contributed by atoms with Gasteiger partial charge in [0.2, 0.25) is 0 Å². The first-order valence-corrected chi connectivity index (χ1v) is 12.0. The standard InChI is InChI=1S/C21H28ClN3O3S2/c1-16-5-7-25(8-6-16)21(29)30-15-20(27)28-14-19(26)24-11-9-23(10-12-24)18-4-2-3-17(22)13-18/h2-4,13,16H,5-12,14-15H2,1H3. The fraction of sp³-hybridized carbons (Fsp3) is 0.571.